The van der Waals surface area contributed by atoms with Gasteiger partial charge in [-0.05, 0) is 37.1 Å². The van der Waals surface area contributed by atoms with Crippen molar-refractivity contribution < 1.29 is 23.9 Å². The number of nitrogens with one attached hydrogen (secondary N) is 1. The first-order chi connectivity index (χ1) is 13.8. The molecule has 7 heteroatoms. The minimum absolute atomic E-state index is 0.151. The SMILES string of the molecule is CCc1ccccc1NC(=O)CN(C)C(=O)COC(=O)c1cc(C)ccc1OC. The van der Waals surface area contributed by atoms with E-state index in [-0.39, 0.29) is 18.0 Å². The number of esters is 1. The third-order valence-corrected chi connectivity index (χ3v) is 4.38. The molecule has 2 aromatic carbocycles. The van der Waals surface area contributed by atoms with Crippen LogP contribution in [0.4, 0.5) is 5.69 Å². The highest BCUT2D eigenvalue weighted by Crippen LogP contribution is 2.20. The van der Waals surface area contributed by atoms with Gasteiger partial charge in [0.2, 0.25) is 5.91 Å². The summed E-state index contributed by atoms with van der Waals surface area (Å²) < 4.78 is 10.3. The van der Waals surface area contributed by atoms with E-state index in [0.717, 1.165) is 23.2 Å². The van der Waals surface area contributed by atoms with Gasteiger partial charge in [-0.25, -0.2) is 4.79 Å². The van der Waals surface area contributed by atoms with E-state index in [1.165, 1.54) is 19.1 Å². The van der Waals surface area contributed by atoms with Crippen molar-refractivity contribution in [2.45, 2.75) is 20.3 Å². The molecule has 0 aromatic heterocycles. The Morgan fingerprint density at radius 3 is 2.52 bits per heavy atom. The first-order valence-electron chi connectivity index (χ1n) is 9.29. The number of hydrogen-bond acceptors (Lipinski definition) is 5. The number of rotatable bonds is 8. The molecular weight excluding hydrogens is 372 g/mol. The molecule has 0 spiro atoms. The second-order valence-corrected chi connectivity index (χ2v) is 6.59. The summed E-state index contributed by atoms with van der Waals surface area (Å²) in [4.78, 5) is 38.0. The fourth-order valence-electron chi connectivity index (χ4n) is 2.74. The lowest BCUT2D eigenvalue weighted by atomic mass is 10.1. The number of likely N-dealkylation sites (N-methyl/N-ethyl adjacent to an activating group) is 1. The first kappa shape index (κ1) is 21.9. The van der Waals surface area contributed by atoms with Crippen LogP contribution in [0.25, 0.3) is 0 Å². The molecule has 2 amide bonds. The molecule has 7 nitrogen and oxygen atoms in total. The minimum Gasteiger partial charge on any atom is -0.496 e. The van der Waals surface area contributed by atoms with Crippen LogP contribution in [0.15, 0.2) is 42.5 Å². The molecule has 1 N–H and O–H groups in total. The van der Waals surface area contributed by atoms with Crippen LogP contribution in [0.1, 0.15) is 28.4 Å². The maximum absolute atomic E-state index is 12.3. The van der Waals surface area contributed by atoms with Gasteiger partial charge in [-0.2, -0.15) is 0 Å². The predicted octanol–water partition coefficient (Wildman–Crippen LogP) is 2.82. The number of para-hydroxylation sites is 1. The molecule has 2 aromatic rings. The van der Waals surface area contributed by atoms with E-state index >= 15 is 0 Å². The lowest BCUT2D eigenvalue weighted by Gasteiger charge is -2.18. The number of aryl methyl sites for hydroxylation is 2. The number of amides is 2. The van der Waals surface area contributed by atoms with Crippen LogP contribution >= 0.6 is 0 Å². The van der Waals surface area contributed by atoms with Gasteiger partial charge in [-0.3, -0.25) is 9.59 Å². The van der Waals surface area contributed by atoms with Crippen LogP contribution < -0.4 is 10.1 Å². The Balaban J connectivity index is 1.89. The topological polar surface area (TPSA) is 84.9 Å². The Morgan fingerprint density at radius 1 is 1.10 bits per heavy atom. The molecule has 0 saturated carbocycles. The van der Waals surface area contributed by atoms with Crippen molar-refractivity contribution in [3.8, 4) is 5.75 Å². The summed E-state index contributed by atoms with van der Waals surface area (Å²) in [5.41, 5.74) is 2.84. The molecule has 0 saturated heterocycles. The standard InChI is InChI=1S/C22H26N2O5/c1-5-16-8-6-7-9-18(16)23-20(25)13-24(3)21(26)14-29-22(27)17-12-15(2)10-11-19(17)28-4/h6-12H,5,13-14H2,1-4H3,(H,23,25). The average Bonchev–Trinajstić information content (AvgIpc) is 2.71. The van der Waals surface area contributed by atoms with Gasteiger partial charge < -0.3 is 19.7 Å². The molecule has 0 unspecified atom stereocenters. The normalized spacial score (nSPS) is 10.2. The number of nitrogens with zero attached hydrogens (tertiary/aromatic N) is 1. The van der Waals surface area contributed by atoms with Gasteiger partial charge >= 0.3 is 5.97 Å². The van der Waals surface area contributed by atoms with E-state index < -0.39 is 18.5 Å². The van der Waals surface area contributed by atoms with Crippen LogP contribution in [0, 0.1) is 6.92 Å². The molecule has 0 aliphatic heterocycles. The fraction of sp³-hybridized carbons (Fsp3) is 0.318. The predicted molar refractivity (Wildman–Crippen MR) is 110 cm³/mol. The third kappa shape index (κ3) is 6.07. The van der Waals surface area contributed by atoms with E-state index in [2.05, 4.69) is 5.32 Å². The number of benzene rings is 2. The summed E-state index contributed by atoms with van der Waals surface area (Å²) >= 11 is 0. The van der Waals surface area contributed by atoms with Crippen molar-refractivity contribution >= 4 is 23.5 Å². The number of ether oxygens (including phenoxy) is 2. The van der Waals surface area contributed by atoms with E-state index in [4.69, 9.17) is 9.47 Å². The number of hydrogen-bond donors (Lipinski definition) is 1. The molecule has 0 aliphatic rings. The first-order valence-corrected chi connectivity index (χ1v) is 9.29. The maximum atomic E-state index is 12.3. The van der Waals surface area contributed by atoms with Crippen LogP contribution in [0.5, 0.6) is 5.75 Å². The minimum atomic E-state index is -0.659. The van der Waals surface area contributed by atoms with E-state index in [0.29, 0.717) is 5.75 Å². The van der Waals surface area contributed by atoms with Gasteiger partial charge in [0.15, 0.2) is 6.61 Å². The van der Waals surface area contributed by atoms with Crippen molar-refractivity contribution in [1.82, 2.24) is 4.90 Å². The average molecular weight is 398 g/mol. The Labute approximate surface area is 170 Å². The molecule has 0 atom stereocenters. The molecule has 0 heterocycles. The highest BCUT2D eigenvalue weighted by molar-refractivity contribution is 5.96. The molecular formula is C22H26N2O5. The van der Waals surface area contributed by atoms with Crippen molar-refractivity contribution in [1.29, 1.82) is 0 Å². The van der Waals surface area contributed by atoms with Crippen molar-refractivity contribution in [2.75, 3.05) is 32.6 Å². The summed E-state index contributed by atoms with van der Waals surface area (Å²) in [7, 11) is 2.93. The van der Waals surface area contributed by atoms with E-state index in [9.17, 15) is 14.4 Å². The van der Waals surface area contributed by atoms with Crippen LogP contribution in [-0.4, -0.2) is 50.0 Å². The zero-order valence-electron chi connectivity index (χ0n) is 17.2. The molecule has 154 valence electrons. The fourth-order valence-corrected chi connectivity index (χ4v) is 2.74. The number of anilines is 1. The Morgan fingerprint density at radius 2 is 1.83 bits per heavy atom. The maximum Gasteiger partial charge on any atom is 0.342 e. The van der Waals surface area contributed by atoms with Crippen molar-refractivity contribution in [3.63, 3.8) is 0 Å². The molecule has 29 heavy (non-hydrogen) atoms. The Bertz CT molecular complexity index is 895. The Kier molecular flexibility index (Phi) is 7.77. The molecule has 0 radical (unpaired) electrons. The lowest BCUT2D eigenvalue weighted by Crippen LogP contribution is -2.37. The summed E-state index contributed by atoms with van der Waals surface area (Å²) in [5.74, 6) is -1.10. The van der Waals surface area contributed by atoms with Crippen LogP contribution in [0.3, 0.4) is 0 Å². The molecule has 2 rings (SSSR count). The van der Waals surface area contributed by atoms with E-state index in [1.807, 2.05) is 44.2 Å². The van der Waals surface area contributed by atoms with Gasteiger partial charge in [0.05, 0.1) is 13.7 Å². The van der Waals surface area contributed by atoms with Crippen LogP contribution in [0.2, 0.25) is 0 Å². The lowest BCUT2D eigenvalue weighted by molar-refractivity contribution is -0.136. The monoisotopic (exact) mass is 398 g/mol. The highest BCUT2D eigenvalue weighted by atomic mass is 16.5. The largest absolute Gasteiger partial charge is 0.496 e. The highest BCUT2D eigenvalue weighted by Gasteiger charge is 2.19. The third-order valence-electron chi connectivity index (χ3n) is 4.38. The number of carbonyl (C=O) groups is 3. The van der Waals surface area contributed by atoms with Gasteiger partial charge in [0.1, 0.15) is 11.3 Å². The molecule has 0 fully saturated rings. The quantitative estimate of drug-likeness (QED) is 0.691. The summed E-state index contributed by atoms with van der Waals surface area (Å²) in [5, 5.41) is 2.80. The van der Waals surface area contributed by atoms with Gasteiger partial charge in [-0.15, -0.1) is 0 Å². The zero-order chi connectivity index (χ0) is 21.4. The molecule has 0 bridgehead atoms. The van der Waals surface area contributed by atoms with E-state index in [1.54, 1.807) is 12.1 Å². The smallest absolute Gasteiger partial charge is 0.342 e. The second kappa shape index (κ2) is 10.3. The van der Waals surface area contributed by atoms with Gasteiger partial charge in [0, 0.05) is 12.7 Å². The number of methoxy groups -OCH3 is 1. The van der Waals surface area contributed by atoms with Crippen LogP contribution in [-0.2, 0) is 20.7 Å². The number of carbonyl (C=O) groups excluding carboxylic acids is 3. The van der Waals surface area contributed by atoms with Gasteiger partial charge in [0.25, 0.3) is 5.91 Å². The summed E-state index contributed by atoms with van der Waals surface area (Å²) in [6.07, 6.45) is 0.781. The second-order valence-electron chi connectivity index (χ2n) is 6.59. The Hall–Kier alpha value is -3.35. The van der Waals surface area contributed by atoms with Crippen molar-refractivity contribution in [2.24, 2.45) is 0 Å². The summed E-state index contributed by atoms with van der Waals surface area (Å²) in [6.45, 7) is 3.22. The molecule has 0 aliphatic carbocycles. The summed E-state index contributed by atoms with van der Waals surface area (Å²) in [6, 6.07) is 12.6. The zero-order valence-corrected chi connectivity index (χ0v) is 17.2. The van der Waals surface area contributed by atoms with Gasteiger partial charge in [-0.1, -0.05) is 36.8 Å². The van der Waals surface area contributed by atoms with Crippen molar-refractivity contribution in [3.05, 3.63) is 59.2 Å².